The number of likely N-dealkylation sites (N-methyl/N-ethyl adjacent to an activating group) is 1. The lowest BCUT2D eigenvalue weighted by molar-refractivity contribution is 0.0948. The Labute approximate surface area is 128 Å². The number of nitrogens with one attached hydrogen (secondary N) is 1. The molecule has 3 N–H and O–H groups in total. The molecule has 7 heteroatoms. The van der Waals surface area contributed by atoms with E-state index in [9.17, 15) is 4.79 Å². The van der Waals surface area contributed by atoms with Crippen LogP contribution in [0.15, 0.2) is 0 Å². The third kappa shape index (κ3) is 2.98. The smallest absolute Gasteiger partial charge is 0.263 e. The van der Waals surface area contributed by atoms with Gasteiger partial charge in [0.15, 0.2) is 0 Å². The summed E-state index contributed by atoms with van der Waals surface area (Å²) in [6.07, 6.45) is 0. The number of nitrogen functional groups attached to an aromatic ring is 1. The Kier molecular flexibility index (Phi) is 4.43. The van der Waals surface area contributed by atoms with Gasteiger partial charge in [0.2, 0.25) is 0 Å². The summed E-state index contributed by atoms with van der Waals surface area (Å²) in [6.45, 7) is 6.46. The highest BCUT2D eigenvalue weighted by molar-refractivity contribution is 7.21. The average molecular weight is 307 g/mol. The minimum absolute atomic E-state index is 0.152. The summed E-state index contributed by atoms with van der Waals surface area (Å²) in [5.74, 6) is -0.152. The van der Waals surface area contributed by atoms with E-state index in [0.29, 0.717) is 21.9 Å². The molecule has 1 unspecified atom stereocenters. The minimum Gasteiger partial charge on any atom is -0.397 e. The van der Waals surface area contributed by atoms with Crippen molar-refractivity contribution in [1.29, 1.82) is 0 Å². The minimum atomic E-state index is -0.152. The molecule has 0 aliphatic heterocycles. The summed E-state index contributed by atoms with van der Waals surface area (Å²) in [5.41, 5.74) is 8.46. The molecule has 0 spiro atoms. The molecule has 2 aromatic rings. The zero-order valence-electron chi connectivity index (χ0n) is 13.0. The summed E-state index contributed by atoms with van der Waals surface area (Å²) >= 11 is 1.29. The van der Waals surface area contributed by atoms with Gasteiger partial charge in [-0.15, -0.1) is 16.4 Å². The highest BCUT2D eigenvalue weighted by atomic mass is 32.1. The fourth-order valence-electron chi connectivity index (χ4n) is 1.91. The molecule has 0 radical (unpaired) electrons. The van der Waals surface area contributed by atoms with E-state index in [1.807, 2.05) is 39.8 Å². The molecule has 0 fully saturated rings. The highest BCUT2D eigenvalue weighted by Crippen LogP contribution is 2.34. The maximum atomic E-state index is 12.3. The quantitative estimate of drug-likeness (QED) is 0.895. The highest BCUT2D eigenvalue weighted by Gasteiger charge is 2.20. The molecule has 0 aliphatic carbocycles. The SMILES string of the molecule is Cc1nnc2sc(C(=O)NCC(C)N(C)C)c(N)c2c1C. The number of nitrogens with zero attached hydrogens (tertiary/aromatic N) is 3. The molecule has 2 aromatic heterocycles. The molecule has 0 saturated carbocycles. The predicted molar refractivity (Wildman–Crippen MR) is 86.8 cm³/mol. The molecule has 21 heavy (non-hydrogen) atoms. The average Bonchev–Trinajstić information content (AvgIpc) is 2.77. The summed E-state index contributed by atoms with van der Waals surface area (Å²) in [6, 6.07) is 0.258. The van der Waals surface area contributed by atoms with Crippen LogP contribution in [0.2, 0.25) is 0 Å². The Morgan fingerprint density at radius 1 is 1.38 bits per heavy atom. The van der Waals surface area contributed by atoms with E-state index in [0.717, 1.165) is 16.6 Å². The van der Waals surface area contributed by atoms with Gasteiger partial charge in [-0.05, 0) is 40.4 Å². The Morgan fingerprint density at radius 2 is 2.05 bits per heavy atom. The Morgan fingerprint density at radius 3 is 2.67 bits per heavy atom. The third-order valence-corrected chi connectivity index (χ3v) is 4.87. The number of carbonyl (C=O) groups excluding carboxylic acids is 1. The van der Waals surface area contributed by atoms with Crippen LogP contribution in [-0.2, 0) is 0 Å². The number of anilines is 1. The monoisotopic (exact) mass is 307 g/mol. The molecule has 2 rings (SSSR count). The molecule has 0 saturated heterocycles. The van der Waals surface area contributed by atoms with Gasteiger partial charge in [0, 0.05) is 18.0 Å². The molecule has 0 aliphatic rings. The van der Waals surface area contributed by atoms with Crippen molar-refractivity contribution in [2.24, 2.45) is 0 Å². The zero-order chi connectivity index (χ0) is 15.7. The molecule has 0 aromatic carbocycles. The van der Waals surface area contributed by atoms with Crippen LogP contribution in [0, 0.1) is 13.8 Å². The van der Waals surface area contributed by atoms with Crippen LogP contribution < -0.4 is 11.1 Å². The normalized spacial score (nSPS) is 12.9. The number of amides is 1. The number of aryl methyl sites for hydroxylation is 2. The van der Waals surface area contributed by atoms with Gasteiger partial charge >= 0.3 is 0 Å². The Balaban J connectivity index is 2.28. The second kappa shape index (κ2) is 5.95. The lowest BCUT2D eigenvalue weighted by Crippen LogP contribution is -2.38. The number of aromatic nitrogens is 2. The van der Waals surface area contributed by atoms with Crippen LogP contribution in [0.1, 0.15) is 27.9 Å². The number of hydrogen-bond acceptors (Lipinski definition) is 6. The zero-order valence-corrected chi connectivity index (χ0v) is 13.8. The number of carbonyl (C=O) groups is 1. The first-order chi connectivity index (χ1) is 9.82. The van der Waals surface area contributed by atoms with E-state index < -0.39 is 0 Å². The Hall–Kier alpha value is -1.73. The standard InChI is InChI=1S/C14H21N5OS/c1-7(19(4)5)6-16-13(20)12-11(15)10-8(2)9(3)17-18-14(10)21-12/h7H,6,15H2,1-5H3,(H,16,20). The molecule has 1 amide bonds. The number of rotatable bonds is 4. The predicted octanol–water partition coefficient (Wildman–Crippen LogP) is 1.57. The molecule has 0 bridgehead atoms. The first-order valence-electron chi connectivity index (χ1n) is 6.79. The van der Waals surface area contributed by atoms with Crippen LogP contribution in [-0.4, -0.2) is 47.7 Å². The lowest BCUT2D eigenvalue weighted by Gasteiger charge is -2.19. The van der Waals surface area contributed by atoms with Gasteiger partial charge in [0.25, 0.3) is 5.91 Å². The summed E-state index contributed by atoms with van der Waals surface area (Å²) < 4.78 is 0. The molecule has 2 heterocycles. The Bertz CT molecular complexity index is 680. The van der Waals surface area contributed by atoms with E-state index in [4.69, 9.17) is 5.73 Å². The summed E-state index contributed by atoms with van der Waals surface area (Å²) in [4.78, 5) is 15.6. The topological polar surface area (TPSA) is 84.1 Å². The van der Waals surface area contributed by atoms with Crippen LogP contribution in [0.25, 0.3) is 10.2 Å². The maximum Gasteiger partial charge on any atom is 0.263 e. The fourth-order valence-corrected chi connectivity index (χ4v) is 2.93. The van der Waals surface area contributed by atoms with Crippen molar-refractivity contribution in [3.8, 4) is 0 Å². The molecule has 114 valence electrons. The largest absolute Gasteiger partial charge is 0.397 e. The number of hydrogen-bond donors (Lipinski definition) is 2. The second-order valence-electron chi connectivity index (χ2n) is 5.46. The number of thiophene rings is 1. The van der Waals surface area contributed by atoms with Crippen molar-refractivity contribution in [1.82, 2.24) is 20.4 Å². The van der Waals surface area contributed by atoms with Crippen LogP contribution in [0.4, 0.5) is 5.69 Å². The molecule has 6 nitrogen and oxygen atoms in total. The van der Waals surface area contributed by atoms with E-state index in [1.54, 1.807) is 0 Å². The van der Waals surface area contributed by atoms with Gasteiger partial charge < -0.3 is 16.0 Å². The van der Waals surface area contributed by atoms with Gasteiger partial charge in [-0.1, -0.05) is 0 Å². The summed E-state index contributed by atoms with van der Waals surface area (Å²) in [5, 5.41) is 12.0. The van der Waals surface area contributed by atoms with Gasteiger partial charge in [-0.25, -0.2) is 0 Å². The van der Waals surface area contributed by atoms with Crippen molar-refractivity contribution in [3.63, 3.8) is 0 Å². The first kappa shape index (κ1) is 15.7. The van der Waals surface area contributed by atoms with Crippen LogP contribution >= 0.6 is 11.3 Å². The second-order valence-corrected chi connectivity index (χ2v) is 6.46. The van der Waals surface area contributed by atoms with E-state index in [1.165, 1.54) is 11.3 Å². The molecule has 1 atom stereocenters. The lowest BCUT2D eigenvalue weighted by atomic mass is 10.1. The van der Waals surface area contributed by atoms with E-state index in [2.05, 4.69) is 15.5 Å². The molecular formula is C14H21N5OS. The van der Waals surface area contributed by atoms with Crippen molar-refractivity contribution in [2.75, 3.05) is 26.4 Å². The van der Waals surface area contributed by atoms with Crippen molar-refractivity contribution >= 4 is 33.1 Å². The van der Waals surface area contributed by atoms with Crippen molar-refractivity contribution < 1.29 is 4.79 Å². The molecular weight excluding hydrogens is 286 g/mol. The van der Waals surface area contributed by atoms with Gasteiger partial charge in [0.05, 0.1) is 11.4 Å². The fraction of sp³-hybridized carbons (Fsp3) is 0.500. The van der Waals surface area contributed by atoms with Gasteiger partial charge in [-0.3, -0.25) is 4.79 Å². The first-order valence-corrected chi connectivity index (χ1v) is 7.61. The van der Waals surface area contributed by atoms with Crippen molar-refractivity contribution in [3.05, 3.63) is 16.1 Å². The summed E-state index contributed by atoms with van der Waals surface area (Å²) in [7, 11) is 3.96. The van der Waals surface area contributed by atoms with Crippen LogP contribution in [0.5, 0.6) is 0 Å². The number of nitrogens with two attached hydrogens (primary N) is 1. The van der Waals surface area contributed by atoms with Gasteiger partial charge in [0.1, 0.15) is 9.71 Å². The number of fused-ring (bicyclic) bond motifs is 1. The maximum absolute atomic E-state index is 12.3. The third-order valence-electron chi connectivity index (χ3n) is 3.78. The van der Waals surface area contributed by atoms with Crippen LogP contribution in [0.3, 0.4) is 0 Å². The van der Waals surface area contributed by atoms with E-state index in [-0.39, 0.29) is 11.9 Å². The van der Waals surface area contributed by atoms with Crippen molar-refractivity contribution in [2.45, 2.75) is 26.8 Å². The van der Waals surface area contributed by atoms with Gasteiger partial charge in [-0.2, -0.15) is 5.10 Å². The van der Waals surface area contributed by atoms with E-state index >= 15 is 0 Å².